The SMILES string of the molecule is Cc1cccc(C)c1NC(=O)c1cnn(-c2ccccc2)c1C1CCN(C(=O)OC(C)(C)C)CC1. The molecule has 2 aromatic carbocycles. The molecule has 1 aromatic heterocycles. The van der Waals surface area contributed by atoms with E-state index >= 15 is 0 Å². The van der Waals surface area contributed by atoms with Crippen LogP contribution in [0.15, 0.2) is 54.7 Å². The third-order valence-electron chi connectivity index (χ3n) is 6.30. The normalized spacial score (nSPS) is 14.6. The average molecular weight is 475 g/mol. The number of para-hydroxylation sites is 2. The molecular weight excluding hydrogens is 440 g/mol. The minimum atomic E-state index is -0.529. The Kier molecular flexibility index (Phi) is 6.96. The standard InChI is InChI=1S/C28H34N4O3/c1-19-10-9-11-20(2)24(19)30-26(33)23-18-29-32(22-12-7-6-8-13-22)25(23)21-14-16-31(17-15-21)27(34)35-28(3,4)5/h6-13,18,21H,14-17H2,1-5H3,(H,30,33). The third-order valence-corrected chi connectivity index (χ3v) is 6.30. The number of likely N-dealkylation sites (tertiary alicyclic amines) is 1. The minimum Gasteiger partial charge on any atom is -0.444 e. The first-order chi connectivity index (χ1) is 16.6. The molecule has 1 N–H and O–H groups in total. The van der Waals surface area contributed by atoms with E-state index in [1.807, 2.05) is 87.8 Å². The van der Waals surface area contributed by atoms with Crippen molar-refractivity contribution in [2.75, 3.05) is 18.4 Å². The molecular formula is C28H34N4O3. The molecule has 1 aliphatic rings. The monoisotopic (exact) mass is 474 g/mol. The second-order valence-electron chi connectivity index (χ2n) is 10.2. The molecule has 0 aliphatic carbocycles. The van der Waals surface area contributed by atoms with Gasteiger partial charge in [-0.05, 0) is 70.7 Å². The second kappa shape index (κ2) is 9.94. The number of carbonyl (C=O) groups excluding carboxylic acids is 2. The highest BCUT2D eigenvalue weighted by Gasteiger charge is 2.32. The van der Waals surface area contributed by atoms with E-state index in [1.54, 1.807) is 11.1 Å². The Labute approximate surface area is 207 Å². The second-order valence-corrected chi connectivity index (χ2v) is 10.2. The number of carbonyl (C=O) groups is 2. The summed E-state index contributed by atoms with van der Waals surface area (Å²) in [6.07, 6.45) is 2.81. The number of hydrogen-bond donors (Lipinski definition) is 1. The molecule has 35 heavy (non-hydrogen) atoms. The zero-order valence-electron chi connectivity index (χ0n) is 21.2. The summed E-state index contributed by atoms with van der Waals surface area (Å²) < 4.78 is 7.42. The molecule has 0 bridgehead atoms. The zero-order chi connectivity index (χ0) is 25.2. The lowest BCUT2D eigenvalue weighted by molar-refractivity contribution is 0.0203. The van der Waals surface area contributed by atoms with Crippen molar-refractivity contribution in [2.45, 2.75) is 59.0 Å². The largest absolute Gasteiger partial charge is 0.444 e. The van der Waals surface area contributed by atoms with Crippen molar-refractivity contribution >= 4 is 17.7 Å². The Morgan fingerprint density at radius 2 is 1.60 bits per heavy atom. The zero-order valence-corrected chi connectivity index (χ0v) is 21.2. The number of aryl methyl sites for hydroxylation is 2. The van der Waals surface area contributed by atoms with E-state index in [0.717, 1.165) is 41.0 Å². The summed E-state index contributed by atoms with van der Waals surface area (Å²) in [5, 5.41) is 7.74. The lowest BCUT2D eigenvalue weighted by atomic mass is 9.90. The van der Waals surface area contributed by atoms with Crippen molar-refractivity contribution in [2.24, 2.45) is 0 Å². The first-order valence-corrected chi connectivity index (χ1v) is 12.1. The number of nitrogens with one attached hydrogen (secondary N) is 1. The van der Waals surface area contributed by atoms with E-state index in [-0.39, 0.29) is 17.9 Å². The van der Waals surface area contributed by atoms with Crippen molar-refractivity contribution in [1.82, 2.24) is 14.7 Å². The third kappa shape index (κ3) is 5.56. The predicted molar refractivity (Wildman–Crippen MR) is 137 cm³/mol. The molecule has 1 fully saturated rings. The summed E-state index contributed by atoms with van der Waals surface area (Å²) in [7, 11) is 0. The van der Waals surface area contributed by atoms with Gasteiger partial charge in [-0.1, -0.05) is 36.4 Å². The number of rotatable bonds is 4. The van der Waals surface area contributed by atoms with Crippen LogP contribution in [0, 0.1) is 13.8 Å². The van der Waals surface area contributed by atoms with Gasteiger partial charge in [0.1, 0.15) is 5.60 Å². The van der Waals surface area contributed by atoms with E-state index < -0.39 is 5.60 Å². The van der Waals surface area contributed by atoms with Crippen LogP contribution in [0.1, 0.15) is 66.7 Å². The topological polar surface area (TPSA) is 76.5 Å². The van der Waals surface area contributed by atoms with Crippen LogP contribution in [-0.4, -0.2) is 45.4 Å². The van der Waals surface area contributed by atoms with E-state index in [1.165, 1.54) is 0 Å². The van der Waals surface area contributed by atoms with Crippen molar-refractivity contribution in [3.05, 3.63) is 77.1 Å². The number of nitrogens with zero attached hydrogens (tertiary/aromatic N) is 3. The Hall–Kier alpha value is -3.61. The van der Waals surface area contributed by atoms with E-state index in [2.05, 4.69) is 10.4 Å². The number of aromatic nitrogens is 2. The lowest BCUT2D eigenvalue weighted by Gasteiger charge is -2.34. The van der Waals surface area contributed by atoms with Gasteiger partial charge in [-0.15, -0.1) is 0 Å². The highest BCUT2D eigenvalue weighted by molar-refractivity contribution is 6.06. The predicted octanol–water partition coefficient (Wildman–Crippen LogP) is 5.86. The Bertz CT molecular complexity index is 1180. The maximum absolute atomic E-state index is 13.5. The van der Waals surface area contributed by atoms with Crippen LogP contribution in [-0.2, 0) is 4.74 Å². The summed E-state index contributed by atoms with van der Waals surface area (Å²) in [6, 6.07) is 15.8. The number of benzene rings is 2. The number of hydrogen-bond acceptors (Lipinski definition) is 4. The van der Waals surface area contributed by atoms with Crippen LogP contribution in [0.2, 0.25) is 0 Å². The number of ether oxygens (including phenoxy) is 1. The fourth-order valence-corrected chi connectivity index (χ4v) is 4.56. The highest BCUT2D eigenvalue weighted by atomic mass is 16.6. The van der Waals surface area contributed by atoms with Gasteiger partial charge in [-0.3, -0.25) is 4.79 Å². The highest BCUT2D eigenvalue weighted by Crippen LogP contribution is 2.33. The summed E-state index contributed by atoms with van der Waals surface area (Å²) in [5.74, 6) is -0.0933. The quantitative estimate of drug-likeness (QED) is 0.514. The van der Waals surface area contributed by atoms with E-state index in [9.17, 15) is 9.59 Å². The lowest BCUT2D eigenvalue weighted by Crippen LogP contribution is -2.41. The van der Waals surface area contributed by atoms with Gasteiger partial charge in [-0.25, -0.2) is 9.48 Å². The van der Waals surface area contributed by atoms with Crippen LogP contribution >= 0.6 is 0 Å². The Morgan fingerprint density at radius 3 is 2.20 bits per heavy atom. The number of piperidine rings is 1. The molecule has 0 radical (unpaired) electrons. The maximum atomic E-state index is 13.5. The molecule has 2 heterocycles. The van der Waals surface area contributed by atoms with Crippen LogP contribution in [0.25, 0.3) is 5.69 Å². The molecule has 4 rings (SSSR count). The molecule has 0 spiro atoms. The molecule has 0 unspecified atom stereocenters. The van der Waals surface area contributed by atoms with Crippen molar-refractivity contribution in [1.29, 1.82) is 0 Å². The minimum absolute atomic E-state index is 0.0788. The first-order valence-electron chi connectivity index (χ1n) is 12.1. The molecule has 7 heteroatoms. The van der Waals surface area contributed by atoms with Gasteiger partial charge in [0.25, 0.3) is 5.91 Å². The molecule has 1 saturated heterocycles. The van der Waals surface area contributed by atoms with Crippen molar-refractivity contribution in [3.63, 3.8) is 0 Å². The molecule has 0 atom stereocenters. The molecule has 7 nitrogen and oxygen atoms in total. The Morgan fingerprint density at radius 1 is 0.971 bits per heavy atom. The molecule has 0 saturated carbocycles. The molecule has 3 aromatic rings. The summed E-state index contributed by atoms with van der Waals surface area (Å²) in [4.78, 5) is 27.8. The van der Waals surface area contributed by atoms with Crippen LogP contribution < -0.4 is 5.32 Å². The maximum Gasteiger partial charge on any atom is 0.410 e. The summed E-state index contributed by atoms with van der Waals surface area (Å²) in [5.41, 5.74) is 4.68. The fraction of sp³-hybridized carbons (Fsp3) is 0.393. The van der Waals surface area contributed by atoms with Gasteiger partial charge < -0.3 is 15.0 Å². The smallest absolute Gasteiger partial charge is 0.410 e. The van der Waals surface area contributed by atoms with Gasteiger partial charge >= 0.3 is 6.09 Å². The van der Waals surface area contributed by atoms with Gasteiger partial charge in [-0.2, -0.15) is 5.10 Å². The van der Waals surface area contributed by atoms with Crippen LogP contribution in [0.4, 0.5) is 10.5 Å². The van der Waals surface area contributed by atoms with Gasteiger partial charge in [0.15, 0.2) is 0 Å². The van der Waals surface area contributed by atoms with Crippen LogP contribution in [0.5, 0.6) is 0 Å². The fourth-order valence-electron chi connectivity index (χ4n) is 4.56. The summed E-state index contributed by atoms with van der Waals surface area (Å²) >= 11 is 0. The van der Waals surface area contributed by atoms with Gasteiger partial charge in [0.2, 0.25) is 0 Å². The van der Waals surface area contributed by atoms with Gasteiger partial charge in [0.05, 0.1) is 23.1 Å². The number of amides is 2. The van der Waals surface area contributed by atoms with E-state index in [0.29, 0.717) is 18.7 Å². The summed E-state index contributed by atoms with van der Waals surface area (Å²) in [6.45, 7) is 10.7. The van der Waals surface area contributed by atoms with Gasteiger partial charge in [0, 0.05) is 24.7 Å². The van der Waals surface area contributed by atoms with Crippen LogP contribution in [0.3, 0.4) is 0 Å². The van der Waals surface area contributed by atoms with E-state index in [4.69, 9.17) is 4.74 Å². The Balaban J connectivity index is 1.62. The average Bonchev–Trinajstić information content (AvgIpc) is 3.26. The molecule has 184 valence electrons. The molecule has 1 aliphatic heterocycles. The first kappa shape index (κ1) is 24.5. The van der Waals surface area contributed by atoms with Crippen molar-refractivity contribution in [3.8, 4) is 5.69 Å². The number of anilines is 1. The molecule has 2 amide bonds. The van der Waals surface area contributed by atoms with Crippen molar-refractivity contribution < 1.29 is 14.3 Å².